The van der Waals surface area contributed by atoms with Gasteiger partial charge in [-0.15, -0.1) is 0 Å². The molecule has 0 aliphatic carbocycles. The van der Waals surface area contributed by atoms with Gasteiger partial charge in [0.05, 0.1) is 39.9 Å². The quantitative estimate of drug-likeness (QED) is 0.0272. The van der Waals surface area contributed by atoms with Crippen LogP contribution in [0.5, 0.6) is 0 Å². The molecular formula is C61H111N2O6P. The number of phosphoric acid groups is 1. The number of aliphatic hydroxyl groups excluding tert-OH is 1. The van der Waals surface area contributed by atoms with Crippen LogP contribution in [0.2, 0.25) is 0 Å². The van der Waals surface area contributed by atoms with Gasteiger partial charge in [-0.3, -0.25) is 9.36 Å². The Morgan fingerprint density at radius 3 is 1.33 bits per heavy atom. The number of aliphatic hydroxyl groups is 1. The highest BCUT2D eigenvalue weighted by Gasteiger charge is 2.23. The molecule has 0 bridgehead atoms. The average Bonchev–Trinajstić information content (AvgIpc) is 3.32. The molecule has 0 saturated carbocycles. The lowest BCUT2D eigenvalue weighted by Gasteiger charge is -2.29. The van der Waals surface area contributed by atoms with Gasteiger partial charge in [-0.25, -0.2) is 0 Å². The fourth-order valence-electron chi connectivity index (χ4n) is 8.08. The number of rotatable bonds is 52. The van der Waals surface area contributed by atoms with Crippen molar-refractivity contribution < 1.29 is 32.9 Å². The molecule has 0 heterocycles. The highest BCUT2D eigenvalue weighted by molar-refractivity contribution is 7.45. The maximum Gasteiger partial charge on any atom is 0.268 e. The van der Waals surface area contributed by atoms with Gasteiger partial charge in [-0.1, -0.05) is 247 Å². The summed E-state index contributed by atoms with van der Waals surface area (Å²) in [7, 11) is 1.24. The molecule has 3 atom stereocenters. The molecule has 70 heavy (non-hydrogen) atoms. The number of hydrogen-bond donors (Lipinski definition) is 2. The monoisotopic (exact) mass is 999 g/mol. The summed E-state index contributed by atoms with van der Waals surface area (Å²) in [5, 5.41) is 13.9. The third-order valence-corrected chi connectivity index (χ3v) is 13.6. The lowest BCUT2D eigenvalue weighted by atomic mass is 10.0. The number of amides is 1. The Balaban J connectivity index is 4.26. The van der Waals surface area contributed by atoms with Crippen molar-refractivity contribution in [1.29, 1.82) is 0 Å². The van der Waals surface area contributed by atoms with Crippen molar-refractivity contribution >= 4 is 13.7 Å². The Labute approximate surface area is 433 Å². The minimum Gasteiger partial charge on any atom is -0.756 e. The number of phosphoric ester groups is 1. The van der Waals surface area contributed by atoms with Crippen molar-refractivity contribution in [2.45, 2.75) is 257 Å². The molecule has 0 aromatic rings. The van der Waals surface area contributed by atoms with Crippen LogP contribution < -0.4 is 10.2 Å². The smallest absolute Gasteiger partial charge is 0.268 e. The van der Waals surface area contributed by atoms with E-state index < -0.39 is 26.6 Å². The SMILES string of the molecule is CC/C=C\C/C=C\C/C=C\C/C=C\C/C=C\CCCCCCCCCCCCCC(=O)NC(COP(=O)([O-])OCC[N+](C)(C)C)C(O)/C=C/CC/C=C/CCCCCCCCCCCCCCCCC. The lowest BCUT2D eigenvalue weighted by molar-refractivity contribution is -0.870. The van der Waals surface area contributed by atoms with E-state index in [1.54, 1.807) is 6.08 Å². The van der Waals surface area contributed by atoms with E-state index in [2.05, 4.69) is 92.1 Å². The van der Waals surface area contributed by atoms with Crippen LogP contribution >= 0.6 is 7.82 Å². The Hall–Kier alpha value is -2.32. The van der Waals surface area contributed by atoms with E-state index in [1.807, 2.05) is 27.2 Å². The number of nitrogens with one attached hydrogen (secondary N) is 1. The molecule has 0 fully saturated rings. The second kappa shape index (κ2) is 51.6. The summed E-state index contributed by atoms with van der Waals surface area (Å²) in [6.07, 6.45) is 72.3. The summed E-state index contributed by atoms with van der Waals surface area (Å²) in [4.78, 5) is 25.5. The van der Waals surface area contributed by atoms with Crippen molar-refractivity contribution in [3.63, 3.8) is 0 Å². The van der Waals surface area contributed by atoms with E-state index in [9.17, 15) is 19.4 Å². The summed E-state index contributed by atoms with van der Waals surface area (Å²) in [6, 6.07) is -0.910. The van der Waals surface area contributed by atoms with Crippen LogP contribution in [-0.4, -0.2) is 68.5 Å². The molecule has 0 spiro atoms. The van der Waals surface area contributed by atoms with Crippen molar-refractivity contribution in [3.05, 3.63) is 85.1 Å². The number of unbranched alkanes of at least 4 members (excludes halogenated alkanes) is 27. The Kier molecular flexibility index (Phi) is 49.9. The molecule has 0 radical (unpaired) electrons. The van der Waals surface area contributed by atoms with Gasteiger partial charge in [0.1, 0.15) is 13.2 Å². The molecule has 8 nitrogen and oxygen atoms in total. The molecule has 1 amide bonds. The second-order valence-electron chi connectivity index (χ2n) is 20.6. The van der Waals surface area contributed by atoms with Gasteiger partial charge < -0.3 is 28.8 Å². The molecule has 0 aromatic heterocycles. The summed E-state index contributed by atoms with van der Waals surface area (Å²) < 4.78 is 23.3. The van der Waals surface area contributed by atoms with Crippen LogP contribution in [0.3, 0.4) is 0 Å². The topological polar surface area (TPSA) is 108 Å². The van der Waals surface area contributed by atoms with E-state index in [0.29, 0.717) is 17.4 Å². The van der Waals surface area contributed by atoms with Crippen LogP contribution in [0.25, 0.3) is 0 Å². The summed E-state index contributed by atoms with van der Waals surface area (Å²) >= 11 is 0. The average molecular weight is 1000 g/mol. The molecule has 0 aromatic carbocycles. The third kappa shape index (κ3) is 53.5. The fourth-order valence-corrected chi connectivity index (χ4v) is 8.80. The Bertz CT molecular complexity index is 1410. The van der Waals surface area contributed by atoms with E-state index in [0.717, 1.165) is 70.6 Å². The zero-order chi connectivity index (χ0) is 51.3. The van der Waals surface area contributed by atoms with Crippen LogP contribution in [0, 0.1) is 0 Å². The summed E-state index contributed by atoms with van der Waals surface area (Å²) in [6.45, 7) is 4.52. The van der Waals surface area contributed by atoms with E-state index in [4.69, 9.17) is 9.05 Å². The molecule has 0 rings (SSSR count). The predicted octanol–water partition coefficient (Wildman–Crippen LogP) is 17.0. The largest absolute Gasteiger partial charge is 0.756 e. The minimum atomic E-state index is -4.61. The molecule has 0 aliphatic rings. The number of carbonyl (C=O) groups excluding carboxylic acids is 1. The number of hydrogen-bond acceptors (Lipinski definition) is 6. The first kappa shape index (κ1) is 67.7. The Morgan fingerprint density at radius 1 is 0.514 bits per heavy atom. The zero-order valence-electron chi connectivity index (χ0n) is 46.2. The van der Waals surface area contributed by atoms with Crippen LogP contribution in [0.4, 0.5) is 0 Å². The van der Waals surface area contributed by atoms with Gasteiger partial charge in [0.25, 0.3) is 7.82 Å². The summed E-state index contributed by atoms with van der Waals surface area (Å²) in [5.41, 5.74) is 0. The summed E-state index contributed by atoms with van der Waals surface area (Å²) in [5.74, 6) is -0.212. The van der Waals surface area contributed by atoms with Gasteiger partial charge in [-0.05, 0) is 77.0 Å². The number of likely N-dealkylation sites (N-methyl/N-ethyl adjacent to an activating group) is 1. The van der Waals surface area contributed by atoms with Crippen molar-refractivity contribution in [3.8, 4) is 0 Å². The van der Waals surface area contributed by atoms with E-state index in [-0.39, 0.29) is 12.5 Å². The maximum atomic E-state index is 13.0. The molecule has 0 saturated heterocycles. The standard InChI is InChI=1S/C61H111N2O6P/c1-6-8-10-12-14-16-18-20-22-24-26-28-29-30-31-32-33-35-37-39-41-43-45-47-49-51-53-55-61(65)62-59(58-69-70(66,67)68-57-56-63(3,4)5)60(64)54-52-50-48-46-44-42-40-38-36-34-27-25-23-21-19-17-15-13-11-9-7-2/h8,10,14,16,20,22,26,28,30-31,44,46,52,54,59-60,64H,6-7,9,11-13,15,17-19,21,23-25,27,29,32-43,45,47-51,53,55-58H2,1-5H3,(H-,62,65,66,67)/b10-8-,16-14-,22-20-,28-26-,31-30-,46-44+,54-52+. The number of nitrogens with zero attached hydrogens (tertiary/aromatic N) is 1. The highest BCUT2D eigenvalue weighted by atomic mass is 31.2. The van der Waals surface area contributed by atoms with Crippen LogP contribution in [0.1, 0.15) is 245 Å². The third-order valence-electron chi connectivity index (χ3n) is 12.6. The maximum absolute atomic E-state index is 13.0. The number of quaternary nitrogens is 1. The van der Waals surface area contributed by atoms with Gasteiger partial charge in [0.15, 0.2) is 0 Å². The van der Waals surface area contributed by atoms with Crippen molar-refractivity contribution in [2.75, 3.05) is 40.9 Å². The van der Waals surface area contributed by atoms with E-state index in [1.165, 1.54) is 154 Å². The zero-order valence-corrected chi connectivity index (χ0v) is 47.1. The van der Waals surface area contributed by atoms with Crippen molar-refractivity contribution in [2.24, 2.45) is 0 Å². The van der Waals surface area contributed by atoms with Gasteiger partial charge >= 0.3 is 0 Å². The first-order valence-corrected chi connectivity index (χ1v) is 30.4. The van der Waals surface area contributed by atoms with Crippen LogP contribution in [0.15, 0.2) is 85.1 Å². The number of allylic oxidation sites excluding steroid dienone is 13. The fraction of sp³-hybridized carbons (Fsp3) is 0.754. The van der Waals surface area contributed by atoms with Gasteiger partial charge in [0.2, 0.25) is 5.91 Å². The molecule has 3 unspecified atom stereocenters. The second-order valence-corrected chi connectivity index (χ2v) is 22.0. The number of carbonyl (C=O) groups is 1. The molecular weight excluding hydrogens is 888 g/mol. The predicted molar refractivity (Wildman–Crippen MR) is 302 cm³/mol. The normalized spacial score (nSPS) is 14.6. The van der Waals surface area contributed by atoms with Crippen molar-refractivity contribution in [1.82, 2.24) is 5.32 Å². The molecule has 0 aliphatic heterocycles. The minimum absolute atomic E-state index is 0.0102. The van der Waals surface area contributed by atoms with Crippen LogP contribution in [-0.2, 0) is 18.4 Å². The van der Waals surface area contributed by atoms with E-state index >= 15 is 0 Å². The lowest BCUT2D eigenvalue weighted by Crippen LogP contribution is -2.45. The molecule has 2 N–H and O–H groups in total. The van der Waals surface area contributed by atoms with Gasteiger partial charge in [0, 0.05) is 6.42 Å². The highest BCUT2D eigenvalue weighted by Crippen LogP contribution is 2.38. The van der Waals surface area contributed by atoms with Gasteiger partial charge in [-0.2, -0.15) is 0 Å². The first-order valence-electron chi connectivity index (χ1n) is 28.9. The Morgan fingerprint density at radius 2 is 0.886 bits per heavy atom. The molecule has 9 heteroatoms. The first-order chi connectivity index (χ1) is 34.0. The molecule has 406 valence electrons.